The van der Waals surface area contributed by atoms with Crippen LogP contribution in [0.4, 0.5) is 11.8 Å². The molecule has 1 fully saturated rings. The Morgan fingerprint density at radius 1 is 0.759 bits per heavy atom. The van der Waals surface area contributed by atoms with E-state index in [1.54, 1.807) is 24.8 Å². The number of anilines is 2. The highest BCUT2D eigenvalue weighted by Gasteiger charge is 2.22. The molecular weight excluding hydrogens is 364 g/mol. The molecular formula is C21H20N8. The third-order valence-electron chi connectivity index (χ3n) is 5.02. The Balaban J connectivity index is 1.37. The minimum absolute atomic E-state index is 0.737. The third kappa shape index (κ3) is 3.44. The molecule has 1 saturated heterocycles. The van der Waals surface area contributed by atoms with Crippen molar-refractivity contribution in [3.63, 3.8) is 0 Å². The number of pyridine rings is 2. The summed E-state index contributed by atoms with van der Waals surface area (Å²) in [6.07, 6.45) is 7.16. The van der Waals surface area contributed by atoms with Crippen LogP contribution in [0.2, 0.25) is 0 Å². The van der Waals surface area contributed by atoms with Crippen molar-refractivity contribution in [1.82, 2.24) is 29.9 Å². The molecule has 8 heteroatoms. The Bertz CT molecular complexity index is 1140. The van der Waals surface area contributed by atoms with Crippen LogP contribution < -0.4 is 9.80 Å². The van der Waals surface area contributed by atoms with Crippen LogP contribution >= 0.6 is 0 Å². The van der Waals surface area contributed by atoms with E-state index in [1.165, 1.54) is 0 Å². The first kappa shape index (κ1) is 17.4. The number of aryl methyl sites for hydroxylation is 1. The third-order valence-corrected chi connectivity index (χ3v) is 5.02. The number of aromatic nitrogens is 6. The van der Waals surface area contributed by atoms with E-state index in [-0.39, 0.29) is 0 Å². The molecule has 4 aromatic heterocycles. The van der Waals surface area contributed by atoms with Crippen LogP contribution in [0.3, 0.4) is 0 Å². The summed E-state index contributed by atoms with van der Waals surface area (Å²) in [7, 11) is 0. The summed E-state index contributed by atoms with van der Waals surface area (Å²) in [5, 5.41) is 1.03. The minimum atomic E-state index is 0.737. The van der Waals surface area contributed by atoms with Crippen molar-refractivity contribution in [3.05, 3.63) is 60.9 Å². The molecule has 8 nitrogen and oxygen atoms in total. The van der Waals surface area contributed by atoms with Gasteiger partial charge in [0.1, 0.15) is 11.6 Å². The molecule has 0 aliphatic carbocycles. The van der Waals surface area contributed by atoms with Crippen molar-refractivity contribution >= 4 is 22.7 Å². The second-order valence-corrected chi connectivity index (χ2v) is 6.92. The standard InChI is InChI=1S/C21H20N8/c1-15-25-19-14-22-8-5-16(19)20(26-15)28-10-12-29(13-11-28)21-24-9-6-18(27-21)17-4-2-3-7-23-17/h2-9,14H,10-13H2,1H3. The molecule has 5 rings (SSSR count). The van der Waals surface area contributed by atoms with Crippen molar-refractivity contribution in [1.29, 1.82) is 0 Å². The fourth-order valence-electron chi connectivity index (χ4n) is 3.59. The molecule has 0 aromatic carbocycles. The highest BCUT2D eigenvalue weighted by molar-refractivity contribution is 5.88. The van der Waals surface area contributed by atoms with E-state index in [2.05, 4.69) is 29.7 Å². The average molecular weight is 384 g/mol. The zero-order valence-corrected chi connectivity index (χ0v) is 16.1. The number of hydrogen-bond donors (Lipinski definition) is 0. The predicted octanol–water partition coefficient (Wildman–Crippen LogP) is 2.51. The molecule has 0 unspecified atom stereocenters. The van der Waals surface area contributed by atoms with Gasteiger partial charge in [0.2, 0.25) is 5.95 Å². The summed E-state index contributed by atoms with van der Waals surface area (Å²) in [4.78, 5) is 31.5. The molecule has 4 aromatic rings. The highest BCUT2D eigenvalue weighted by atomic mass is 15.3. The van der Waals surface area contributed by atoms with Gasteiger partial charge in [-0.05, 0) is 31.2 Å². The maximum Gasteiger partial charge on any atom is 0.226 e. The van der Waals surface area contributed by atoms with Crippen molar-refractivity contribution in [2.75, 3.05) is 36.0 Å². The number of rotatable bonds is 3. The number of hydrogen-bond acceptors (Lipinski definition) is 8. The minimum Gasteiger partial charge on any atom is -0.352 e. The van der Waals surface area contributed by atoms with Gasteiger partial charge in [0.25, 0.3) is 0 Å². The second kappa shape index (κ2) is 7.38. The quantitative estimate of drug-likeness (QED) is 0.533. The molecule has 0 bridgehead atoms. The maximum absolute atomic E-state index is 4.73. The molecule has 1 aliphatic heterocycles. The van der Waals surface area contributed by atoms with Crippen molar-refractivity contribution in [2.45, 2.75) is 6.92 Å². The predicted molar refractivity (Wildman–Crippen MR) is 112 cm³/mol. The maximum atomic E-state index is 4.73. The molecule has 0 saturated carbocycles. The lowest BCUT2D eigenvalue weighted by atomic mass is 10.2. The monoisotopic (exact) mass is 384 g/mol. The number of piperazine rings is 1. The molecule has 5 heterocycles. The van der Waals surface area contributed by atoms with E-state index in [0.717, 1.165) is 66.1 Å². The molecule has 1 aliphatic rings. The summed E-state index contributed by atoms with van der Waals surface area (Å²) in [6, 6.07) is 9.70. The molecule has 0 amide bonds. The summed E-state index contributed by atoms with van der Waals surface area (Å²) >= 11 is 0. The smallest absolute Gasteiger partial charge is 0.226 e. The number of nitrogens with zero attached hydrogens (tertiary/aromatic N) is 8. The fourth-order valence-corrected chi connectivity index (χ4v) is 3.59. The van der Waals surface area contributed by atoms with E-state index < -0.39 is 0 Å². The van der Waals surface area contributed by atoms with Gasteiger partial charge < -0.3 is 9.80 Å². The Labute approximate surface area is 168 Å². The Morgan fingerprint density at radius 3 is 2.45 bits per heavy atom. The van der Waals surface area contributed by atoms with E-state index in [4.69, 9.17) is 9.97 Å². The van der Waals surface area contributed by atoms with Crippen LogP contribution in [-0.2, 0) is 0 Å². The van der Waals surface area contributed by atoms with Crippen LogP contribution in [-0.4, -0.2) is 56.1 Å². The lowest BCUT2D eigenvalue weighted by Gasteiger charge is -2.35. The molecule has 0 radical (unpaired) electrons. The largest absolute Gasteiger partial charge is 0.352 e. The molecule has 29 heavy (non-hydrogen) atoms. The topological polar surface area (TPSA) is 83.8 Å². The Hall–Kier alpha value is -3.68. The number of fused-ring (bicyclic) bond motifs is 1. The fraction of sp³-hybridized carbons (Fsp3) is 0.238. The Morgan fingerprint density at radius 2 is 1.62 bits per heavy atom. The molecule has 144 valence electrons. The summed E-state index contributed by atoms with van der Waals surface area (Å²) in [6.45, 7) is 5.24. The zero-order valence-electron chi connectivity index (χ0n) is 16.1. The molecule has 0 atom stereocenters. The first-order valence-corrected chi connectivity index (χ1v) is 9.61. The lowest BCUT2D eigenvalue weighted by Crippen LogP contribution is -2.47. The van der Waals surface area contributed by atoms with E-state index in [1.807, 2.05) is 37.3 Å². The van der Waals surface area contributed by atoms with Crippen LogP contribution in [0.15, 0.2) is 55.1 Å². The Kier molecular flexibility index (Phi) is 4.44. The van der Waals surface area contributed by atoms with Gasteiger partial charge in [0.05, 0.1) is 23.1 Å². The first-order chi connectivity index (χ1) is 14.3. The molecule has 0 N–H and O–H groups in total. The van der Waals surface area contributed by atoms with Gasteiger partial charge in [-0.2, -0.15) is 0 Å². The van der Waals surface area contributed by atoms with Crippen molar-refractivity contribution in [2.24, 2.45) is 0 Å². The van der Waals surface area contributed by atoms with Gasteiger partial charge in [-0.15, -0.1) is 0 Å². The summed E-state index contributed by atoms with van der Waals surface area (Å²) in [5.74, 6) is 2.47. The van der Waals surface area contributed by atoms with Gasteiger partial charge >= 0.3 is 0 Å². The molecule has 0 spiro atoms. The van der Waals surface area contributed by atoms with Gasteiger partial charge in [-0.25, -0.2) is 19.9 Å². The second-order valence-electron chi connectivity index (χ2n) is 6.92. The zero-order chi connectivity index (χ0) is 19.6. The normalized spacial score (nSPS) is 14.4. The SMILES string of the molecule is Cc1nc(N2CCN(c3nccc(-c4ccccn4)n3)CC2)c2ccncc2n1. The van der Waals surface area contributed by atoms with Crippen molar-refractivity contribution < 1.29 is 0 Å². The lowest BCUT2D eigenvalue weighted by molar-refractivity contribution is 0.635. The van der Waals surface area contributed by atoms with E-state index in [9.17, 15) is 0 Å². The summed E-state index contributed by atoms with van der Waals surface area (Å²) < 4.78 is 0. The van der Waals surface area contributed by atoms with Crippen LogP contribution in [0, 0.1) is 6.92 Å². The highest BCUT2D eigenvalue weighted by Crippen LogP contribution is 2.25. The van der Waals surface area contributed by atoms with E-state index in [0.29, 0.717) is 0 Å². The van der Waals surface area contributed by atoms with E-state index >= 15 is 0 Å². The summed E-state index contributed by atoms with van der Waals surface area (Å²) in [5.41, 5.74) is 2.57. The van der Waals surface area contributed by atoms with Gasteiger partial charge in [0.15, 0.2) is 0 Å². The van der Waals surface area contributed by atoms with Crippen LogP contribution in [0.1, 0.15) is 5.82 Å². The van der Waals surface area contributed by atoms with Gasteiger partial charge in [-0.1, -0.05) is 6.07 Å². The van der Waals surface area contributed by atoms with Gasteiger partial charge in [0, 0.05) is 50.2 Å². The van der Waals surface area contributed by atoms with Gasteiger partial charge in [-0.3, -0.25) is 9.97 Å². The van der Waals surface area contributed by atoms with Crippen LogP contribution in [0.5, 0.6) is 0 Å². The van der Waals surface area contributed by atoms with Crippen molar-refractivity contribution in [3.8, 4) is 11.4 Å². The first-order valence-electron chi connectivity index (χ1n) is 9.61. The average Bonchev–Trinajstić information content (AvgIpc) is 2.79. The van der Waals surface area contributed by atoms with Crippen LogP contribution in [0.25, 0.3) is 22.3 Å².